The number of anilines is 3. The maximum Gasteiger partial charge on any atom is 0.123 e. The lowest BCUT2D eigenvalue weighted by Crippen LogP contribution is -2.10. The number of hydrogen-bond acceptors (Lipinski definition) is 2. The van der Waals surface area contributed by atoms with Crippen LogP contribution in [-0.2, 0) is 0 Å². The quantitative estimate of drug-likeness (QED) is 0.268. The molecule has 34 heavy (non-hydrogen) atoms. The van der Waals surface area contributed by atoms with Crippen LogP contribution >= 0.6 is 0 Å². The van der Waals surface area contributed by atoms with Crippen molar-refractivity contribution >= 4 is 38.9 Å². The fraction of sp³-hybridized carbons (Fsp3) is 0.0323. The first-order chi connectivity index (χ1) is 16.8. The zero-order valence-corrected chi connectivity index (χ0v) is 18.9. The number of hydrogen-bond donors (Lipinski definition) is 0. The van der Waals surface area contributed by atoms with Crippen molar-refractivity contribution < 1.29 is 4.74 Å². The van der Waals surface area contributed by atoms with E-state index in [9.17, 15) is 0 Å². The summed E-state index contributed by atoms with van der Waals surface area (Å²) in [4.78, 5) is 2.31. The number of fused-ring (bicyclic) bond motifs is 3. The van der Waals surface area contributed by atoms with Crippen LogP contribution < -0.4 is 9.64 Å². The molecular weight excluding hydrogens is 416 g/mol. The summed E-state index contributed by atoms with van der Waals surface area (Å²) in [6.07, 6.45) is 0. The fourth-order valence-corrected chi connectivity index (χ4v) is 4.78. The summed E-state index contributed by atoms with van der Waals surface area (Å²) in [6, 6.07) is 44.4. The molecule has 0 unspecified atom stereocenters. The summed E-state index contributed by atoms with van der Waals surface area (Å²) in [7, 11) is 1.73. The maximum atomic E-state index is 5.83. The highest BCUT2D eigenvalue weighted by Gasteiger charge is 2.22. The number of ether oxygens (including phenoxy) is 1. The van der Waals surface area contributed by atoms with Crippen molar-refractivity contribution in [3.63, 3.8) is 0 Å². The largest absolute Gasteiger partial charge is 0.497 e. The summed E-state index contributed by atoms with van der Waals surface area (Å²) in [5.41, 5.74) is 6.67. The average Bonchev–Trinajstić information content (AvgIpc) is 3.25. The highest BCUT2D eigenvalue weighted by Crippen LogP contribution is 2.45. The number of aromatic nitrogens is 1. The zero-order valence-electron chi connectivity index (χ0n) is 18.9. The highest BCUT2D eigenvalue weighted by atomic mass is 16.5. The van der Waals surface area contributed by atoms with E-state index in [0.717, 1.165) is 34.0 Å². The second-order valence-electron chi connectivity index (χ2n) is 8.24. The number of para-hydroxylation sites is 4. The van der Waals surface area contributed by atoms with Crippen LogP contribution in [0.15, 0.2) is 127 Å². The minimum absolute atomic E-state index is 0.819. The van der Waals surface area contributed by atoms with E-state index in [-0.39, 0.29) is 0 Å². The molecule has 0 aliphatic heterocycles. The Kier molecular flexibility index (Phi) is 5.00. The Bertz CT molecular complexity index is 1530. The van der Waals surface area contributed by atoms with Gasteiger partial charge in [-0.05, 0) is 42.5 Å². The first kappa shape index (κ1) is 20.1. The Morgan fingerprint density at radius 2 is 1.15 bits per heavy atom. The molecule has 6 aromatic rings. The molecule has 0 amide bonds. The molecule has 3 nitrogen and oxygen atoms in total. The van der Waals surface area contributed by atoms with Gasteiger partial charge in [-0.1, -0.05) is 72.8 Å². The Morgan fingerprint density at radius 3 is 1.76 bits per heavy atom. The van der Waals surface area contributed by atoms with Crippen LogP contribution in [0.5, 0.6) is 5.75 Å². The van der Waals surface area contributed by atoms with Crippen LogP contribution in [0, 0.1) is 0 Å². The Balaban J connectivity index is 1.76. The summed E-state index contributed by atoms with van der Waals surface area (Å²) < 4.78 is 8.16. The van der Waals surface area contributed by atoms with Crippen molar-refractivity contribution in [2.45, 2.75) is 0 Å². The number of nitrogens with zero attached hydrogens (tertiary/aromatic N) is 2. The first-order valence-corrected chi connectivity index (χ1v) is 11.4. The standard InChI is InChI=1S/C31H24N2O/c1-34-26-21-29(32(23-13-5-2-6-14-23)24-15-7-3-8-16-24)31-27-19-11-12-20-28(27)33(30(31)22-26)25-17-9-4-10-18-25/h2-22H,1H3. The van der Waals surface area contributed by atoms with Gasteiger partial charge in [0.2, 0.25) is 0 Å². The monoisotopic (exact) mass is 440 g/mol. The van der Waals surface area contributed by atoms with Crippen molar-refractivity contribution in [3.05, 3.63) is 127 Å². The van der Waals surface area contributed by atoms with E-state index in [2.05, 4.69) is 137 Å². The molecule has 0 aliphatic carbocycles. The Labute approximate surface area is 199 Å². The van der Waals surface area contributed by atoms with Crippen molar-refractivity contribution in [1.82, 2.24) is 4.57 Å². The SMILES string of the molecule is COc1cc(N(c2ccccc2)c2ccccc2)c2c3ccccc3n(-c3ccccc3)c2c1. The highest BCUT2D eigenvalue weighted by molar-refractivity contribution is 6.17. The van der Waals surface area contributed by atoms with Gasteiger partial charge in [0.15, 0.2) is 0 Å². The third-order valence-electron chi connectivity index (χ3n) is 6.25. The minimum Gasteiger partial charge on any atom is -0.497 e. The van der Waals surface area contributed by atoms with Gasteiger partial charge < -0.3 is 14.2 Å². The number of methoxy groups -OCH3 is 1. The van der Waals surface area contributed by atoms with Gasteiger partial charge in [0.25, 0.3) is 0 Å². The second-order valence-corrected chi connectivity index (χ2v) is 8.24. The summed E-state index contributed by atoms with van der Waals surface area (Å²) in [5, 5.41) is 2.39. The van der Waals surface area contributed by atoms with Crippen molar-refractivity contribution in [2.24, 2.45) is 0 Å². The minimum atomic E-state index is 0.819. The maximum absolute atomic E-state index is 5.83. The van der Waals surface area contributed by atoms with E-state index in [4.69, 9.17) is 4.74 Å². The molecule has 0 N–H and O–H groups in total. The fourth-order valence-electron chi connectivity index (χ4n) is 4.78. The normalized spacial score (nSPS) is 11.1. The van der Waals surface area contributed by atoms with Gasteiger partial charge in [0, 0.05) is 40.0 Å². The molecule has 5 aromatic carbocycles. The van der Waals surface area contributed by atoms with Crippen molar-refractivity contribution in [2.75, 3.05) is 12.0 Å². The van der Waals surface area contributed by atoms with Gasteiger partial charge in [-0.15, -0.1) is 0 Å². The third-order valence-corrected chi connectivity index (χ3v) is 6.25. The van der Waals surface area contributed by atoms with Gasteiger partial charge in [-0.2, -0.15) is 0 Å². The van der Waals surface area contributed by atoms with Gasteiger partial charge in [0.05, 0.1) is 23.8 Å². The molecule has 6 rings (SSSR count). The predicted octanol–water partition coefficient (Wildman–Crippen LogP) is 8.26. The molecule has 0 bridgehead atoms. The Morgan fingerprint density at radius 1 is 0.588 bits per heavy atom. The lowest BCUT2D eigenvalue weighted by molar-refractivity contribution is 0.415. The molecule has 1 aromatic heterocycles. The Hall–Kier alpha value is -4.50. The average molecular weight is 441 g/mol. The number of rotatable bonds is 5. The van der Waals surface area contributed by atoms with Gasteiger partial charge in [-0.25, -0.2) is 0 Å². The molecule has 0 fully saturated rings. The first-order valence-electron chi connectivity index (χ1n) is 11.4. The molecule has 0 saturated carbocycles. The van der Waals surface area contributed by atoms with E-state index in [1.807, 2.05) is 0 Å². The second kappa shape index (κ2) is 8.45. The predicted molar refractivity (Wildman–Crippen MR) is 142 cm³/mol. The van der Waals surface area contributed by atoms with Crippen LogP contribution in [0.3, 0.4) is 0 Å². The summed E-state index contributed by atoms with van der Waals surface area (Å²) in [5.74, 6) is 0.819. The molecule has 0 spiro atoms. The third kappa shape index (κ3) is 3.30. The lowest BCUT2D eigenvalue weighted by Gasteiger charge is -2.27. The summed E-state index contributed by atoms with van der Waals surface area (Å²) in [6.45, 7) is 0. The lowest BCUT2D eigenvalue weighted by atomic mass is 10.1. The molecular formula is C31H24N2O. The van der Waals surface area contributed by atoms with Gasteiger partial charge >= 0.3 is 0 Å². The molecule has 0 atom stereocenters. The van der Waals surface area contributed by atoms with Crippen molar-refractivity contribution in [3.8, 4) is 11.4 Å². The van der Waals surface area contributed by atoms with E-state index >= 15 is 0 Å². The van der Waals surface area contributed by atoms with Gasteiger partial charge in [-0.3, -0.25) is 0 Å². The molecule has 1 heterocycles. The van der Waals surface area contributed by atoms with Crippen LogP contribution in [0.2, 0.25) is 0 Å². The molecule has 0 aliphatic rings. The van der Waals surface area contributed by atoms with Crippen LogP contribution in [-0.4, -0.2) is 11.7 Å². The topological polar surface area (TPSA) is 17.4 Å². The molecule has 3 heteroatoms. The van der Waals surface area contributed by atoms with E-state index in [0.29, 0.717) is 0 Å². The smallest absolute Gasteiger partial charge is 0.123 e. The van der Waals surface area contributed by atoms with Crippen LogP contribution in [0.1, 0.15) is 0 Å². The van der Waals surface area contributed by atoms with Crippen LogP contribution in [0.4, 0.5) is 17.1 Å². The molecule has 164 valence electrons. The van der Waals surface area contributed by atoms with E-state index in [1.54, 1.807) is 7.11 Å². The van der Waals surface area contributed by atoms with Crippen molar-refractivity contribution in [1.29, 1.82) is 0 Å². The zero-order chi connectivity index (χ0) is 22.9. The molecule has 0 saturated heterocycles. The summed E-state index contributed by atoms with van der Waals surface area (Å²) >= 11 is 0. The van der Waals surface area contributed by atoms with Crippen LogP contribution in [0.25, 0.3) is 27.5 Å². The van der Waals surface area contributed by atoms with Gasteiger partial charge in [0.1, 0.15) is 5.75 Å². The molecule has 0 radical (unpaired) electrons. The number of benzene rings is 5. The van der Waals surface area contributed by atoms with E-state index < -0.39 is 0 Å². The van der Waals surface area contributed by atoms with E-state index in [1.165, 1.54) is 16.3 Å².